The van der Waals surface area contributed by atoms with Gasteiger partial charge in [-0.15, -0.1) is 21.5 Å². The number of halogens is 1. The highest BCUT2D eigenvalue weighted by atomic mass is 35.5. The summed E-state index contributed by atoms with van der Waals surface area (Å²) in [7, 11) is 0. The van der Waals surface area contributed by atoms with Gasteiger partial charge in [0.25, 0.3) is 5.22 Å². The number of nitrogens with one attached hydrogen (secondary N) is 1. The van der Waals surface area contributed by atoms with E-state index in [-0.39, 0.29) is 11.7 Å². The maximum atomic E-state index is 12.3. The van der Waals surface area contributed by atoms with Crippen LogP contribution in [0.15, 0.2) is 63.6 Å². The lowest BCUT2D eigenvalue weighted by atomic mass is 10.1. The summed E-state index contributed by atoms with van der Waals surface area (Å²) < 4.78 is 5.60. The summed E-state index contributed by atoms with van der Waals surface area (Å²) in [5, 5.41) is 14.7. The summed E-state index contributed by atoms with van der Waals surface area (Å²) in [5.74, 6) is 0.299. The maximum Gasteiger partial charge on any atom is 0.277 e. The van der Waals surface area contributed by atoms with Gasteiger partial charge < -0.3 is 9.73 Å². The molecule has 2 aromatic heterocycles. The maximum absolute atomic E-state index is 12.3. The predicted molar refractivity (Wildman–Crippen MR) is 116 cm³/mol. The Morgan fingerprint density at radius 1 is 1.21 bits per heavy atom. The Morgan fingerprint density at radius 2 is 2.07 bits per heavy atom. The highest BCUT2D eigenvalue weighted by Crippen LogP contribution is 2.29. The van der Waals surface area contributed by atoms with Crippen molar-refractivity contribution < 1.29 is 9.21 Å². The summed E-state index contributed by atoms with van der Waals surface area (Å²) >= 11 is 8.90. The normalized spacial score (nSPS) is 10.8. The minimum absolute atomic E-state index is 0.143. The van der Waals surface area contributed by atoms with Crippen LogP contribution in [0.4, 0.5) is 5.69 Å². The molecule has 0 bridgehead atoms. The van der Waals surface area contributed by atoms with E-state index in [0.29, 0.717) is 27.4 Å². The summed E-state index contributed by atoms with van der Waals surface area (Å²) in [6.07, 6.45) is 0. The van der Waals surface area contributed by atoms with E-state index < -0.39 is 0 Å². The van der Waals surface area contributed by atoms with E-state index in [4.69, 9.17) is 16.0 Å². The van der Waals surface area contributed by atoms with Crippen molar-refractivity contribution in [1.29, 1.82) is 0 Å². The number of hydrogen-bond donors (Lipinski definition) is 1. The quantitative estimate of drug-likeness (QED) is 0.394. The Kier molecular flexibility index (Phi) is 5.94. The third kappa shape index (κ3) is 4.84. The van der Waals surface area contributed by atoms with Gasteiger partial charge in [0.05, 0.1) is 27.0 Å². The van der Waals surface area contributed by atoms with Gasteiger partial charge >= 0.3 is 0 Å². The van der Waals surface area contributed by atoms with Gasteiger partial charge in [-0.2, -0.15) is 0 Å². The molecule has 0 aliphatic carbocycles. The minimum atomic E-state index is -0.167. The molecule has 4 aromatic rings. The number of thioether (sulfide) groups is 1. The molecule has 4 rings (SSSR count). The van der Waals surface area contributed by atoms with Crippen molar-refractivity contribution in [3.05, 3.63) is 63.9 Å². The highest BCUT2D eigenvalue weighted by Gasteiger charge is 2.13. The van der Waals surface area contributed by atoms with E-state index in [1.165, 1.54) is 11.8 Å². The first kappa shape index (κ1) is 19.6. The van der Waals surface area contributed by atoms with Gasteiger partial charge in [0.1, 0.15) is 0 Å². The second-order valence-corrected chi connectivity index (χ2v) is 8.42. The van der Waals surface area contributed by atoms with Crippen molar-refractivity contribution in [3.63, 3.8) is 0 Å². The monoisotopic (exact) mass is 442 g/mol. The van der Waals surface area contributed by atoms with Crippen molar-refractivity contribution in [1.82, 2.24) is 15.2 Å². The number of carbonyl (C=O) groups is 1. The molecule has 0 saturated carbocycles. The summed E-state index contributed by atoms with van der Waals surface area (Å²) in [4.78, 5) is 16.8. The zero-order valence-corrected chi connectivity index (χ0v) is 17.6. The predicted octanol–water partition coefficient (Wildman–Crippen LogP) is 5.55. The topological polar surface area (TPSA) is 80.9 Å². The first-order chi connectivity index (χ1) is 14.1. The largest absolute Gasteiger partial charge is 0.411 e. The Morgan fingerprint density at radius 3 is 2.86 bits per heavy atom. The number of aromatic nitrogens is 3. The molecule has 0 aliphatic heterocycles. The van der Waals surface area contributed by atoms with E-state index in [1.54, 1.807) is 23.5 Å². The van der Waals surface area contributed by atoms with E-state index in [2.05, 4.69) is 20.5 Å². The van der Waals surface area contributed by atoms with Gasteiger partial charge in [-0.1, -0.05) is 47.6 Å². The number of thiazole rings is 1. The van der Waals surface area contributed by atoms with E-state index in [0.717, 1.165) is 16.3 Å². The molecule has 6 nitrogen and oxygen atoms in total. The molecular weight excluding hydrogens is 428 g/mol. The molecule has 0 saturated heterocycles. The highest BCUT2D eigenvalue weighted by molar-refractivity contribution is 7.99. The molecular formula is C20H15ClN4O2S2. The molecule has 1 amide bonds. The Bertz CT molecular complexity index is 1160. The van der Waals surface area contributed by atoms with Crippen molar-refractivity contribution in [2.75, 3.05) is 11.1 Å². The van der Waals surface area contributed by atoms with E-state index >= 15 is 0 Å². The fourth-order valence-corrected chi connectivity index (χ4v) is 3.99. The van der Waals surface area contributed by atoms with Crippen molar-refractivity contribution in [3.8, 4) is 22.7 Å². The van der Waals surface area contributed by atoms with Crippen LogP contribution in [-0.2, 0) is 4.79 Å². The fraction of sp³-hybridized carbons (Fsp3) is 0.100. The smallest absolute Gasteiger partial charge is 0.277 e. The Hall–Kier alpha value is -2.68. The van der Waals surface area contributed by atoms with Crippen molar-refractivity contribution >= 4 is 46.3 Å². The number of anilines is 1. The lowest BCUT2D eigenvalue weighted by Gasteiger charge is -2.05. The van der Waals surface area contributed by atoms with Gasteiger partial charge in [0.15, 0.2) is 0 Å². The van der Waals surface area contributed by atoms with Gasteiger partial charge in [-0.25, -0.2) is 4.98 Å². The first-order valence-electron chi connectivity index (χ1n) is 8.62. The van der Waals surface area contributed by atoms with E-state index in [1.807, 2.05) is 48.7 Å². The van der Waals surface area contributed by atoms with Crippen LogP contribution in [0, 0.1) is 6.92 Å². The second-order valence-electron chi connectivity index (χ2n) is 6.02. The molecule has 0 radical (unpaired) electrons. The average Bonchev–Trinajstić information content (AvgIpc) is 3.36. The third-order valence-corrected chi connectivity index (χ3v) is 5.82. The van der Waals surface area contributed by atoms with Crippen LogP contribution in [0.3, 0.4) is 0 Å². The number of amides is 1. The third-order valence-electron chi connectivity index (χ3n) is 3.90. The van der Waals surface area contributed by atoms with Gasteiger partial charge in [-0.05, 0) is 31.2 Å². The lowest BCUT2D eigenvalue weighted by Crippen LogP contribution is -2.14. The number of rotatable bonds is 6. The number of hydrogen-bond acceptors (Lipinski definition) is 7. The van der Waals surface area contributed by atoms with Crippen molar-refractivity contribution in [2.45, 2.75) is 12.1 Å². The molecule has 9 heteroatoms. The number of carbonyl (C=O) groups excluding carboxylic acids is 1. The molecule has 0 unspecified atom stereocenters. The van der Waals surface area contributed by atoms with Crippen LogP contribution >= 0.6 is 34.7 Å². The first-order valence-corrected chi connectivity index (χ1v) is 10.9. The Balaban J connectivity index is 1.37. The molecule has 0 atom stereocenters. The molecule has 146 valence electrons. The lowest BCUT2D eigenvalue weighted by molar-refractivity contribution is -0.113. The van der Waals surface area contributed by atoms with Crippen LogP contribution in [0.1, 0.15) is 5.01 Å². The van der Waals surface area contributed by atoms with Gasteiger partial charge in [0, 0.05) is 16.6 Å². The van der Waals surface area contributed by atoms with Crippen LogP contribution in [0.2, 0.25) is 5.02 Å². The average molecular weight is 443 g/mol. The number of nitrogens with zero attached hydrogens (tertiary/aromatic N) is 3. The zero-order chi connectivity index (χ0) is 20.2. The van der Waals surface area contributed by atoms with Crippen molar-refractivity contribution in [2.24, 2.45) is 0 Å². The summed E-state index contributed by atoms with van der Waals surface area (Å²) in [6, 6.07) is 14.8. The van der Waals surface area contributed by atoms with Crippen LogP contribution in [-0.4, -0.2) is 26.8 Å². The second kappa shape index (κ2) is 8.77. The SMILES string of the molecule is Cc1nc(-c2cccc(NC(=O)CSc3nnc(-c4ccccc4Cl)o3)c2)cs1. The van der Waals surface area contributed by atoms with Gasteiger partial charge in [-0.3, -0.25) is 4.79 Å². The van der Waals surface area contributed by atoms with Crippen LogP contribution < -0.4 is 5.32 Å². The zero-order valence-electron chi connectivity index (χ0n) is 15.3. The molecule has 0 fully saturated rings. The molecule has 0 aliphatic rings. The molecule has 2 heterocycles. The number of benzene rings is 2. The molecule has 1 N–H and O–H groups in total. The molecule has 2 aromatic carbocycles. The van der Waals surface area contributed by atoms with Crippen LogP contribution in [0.5, 0.6) is 0 Å². The minimum Gasteiger partial charge on any atom is -0.411 e. The molecule has 0 spiro atoms. The summed E-state index contributed by atoms with van der Waals surface area (Å²) in [6.45, 7) is 1.96. The molecule has 29 heavy (non-hydrogen) atoms. The standard InChI is InChI=1S/C20H15ClN4O2S2/c1-12-22-17(10-28-12)13-5-4-6-14(9-13)23-18(26)11-29-20-25-24-19(27-20)15-7-2-3-8-16(15)21/h2-10H,11H2,1H3,(H,23,26). The number of aryl methyl sites for hydroxylation is 1. The Labute approximate surface area is 180 Å². The van der Waals surface area contributed by atoms with Crippen LogP contribution in [0.25, 0.3) is 22.7 Å². The summed E-state index contributed by atoms with van der Waals surface area (Å²) in [5.41, 5.74) is 3.23. The fourth-order valence-electron chi connectivity index (χ4n) is 2.59. The van der Waals surface area contributed by atoms with Gasteiger partial charge in [0.2, 0.25) is 11.8 Å². The van der Waals surface area contributed by atoms with E-state index in [9.17, 15) is 4.79 Å².